The fourth-order valence-corrected chi connectivity index (χ4v) is 6.51. The molecule has 1 fully saturated rings. The summed E-state index contributed by atoms with van der Waals surface area (Å²) in [7, 11) is 0. The highest BCUT2D eigenvalue weighted by Gasteiger charge is 2.19. The third-order valence-corrected chi connectivity index (χ3v) is 9.63. The van der Waals surface area contributed by atoms with E-state index in [1.807, 2.05) is 0 Å². The molecule has 0 amide bonds. The van der Waals surface area contributed by atoms with Crippen molar-refractivity contribution in [3.8, 4) is 0 Å². The van der Waals surface area contributed by atoms with Crippen molar-refractivity contribution in [2.24, 2.45) is 0 Å². The summed E-state index contributed by atoms with van der Waals surface area (Å²) in [5, 5.41) is 9.16. The van der Waals surface area contributed by atoms with E-state index in [0.717, 1.165) is 70.8 Å². The van der Waals surface area contributed by atoms with E-state index in [4.69, 9.17) is 24.1 Å². The Kier molecular flexibility index (Phi) is 34.5. The number of hydrogen-bond acceptors (Lipinski definition) is 5. The van der Waals surface area contributed by atoms with Crippen LogP contribution in [0.15, 0.2) is 36.5 Å². The standard InChI is InChI=1S/C44H80O6/c1-3-5-7-9-10-11-12-13-14-15-16-17-21-24-27-32-38-47-40-42(50-44(45)46)36-30-26-23-20-18-19-22-25-29-35-41(34-28-8-6-4-2)49-43-37-31-33-39-48-43/h10-11,13-14,25,29,41-43H,3-9,12,15-24,26-28,30-40H2,1-2H3,(H,45,46)/b11-10-,14-13-,29-25-/t41-,42?,43?/m1/s1. The molecule has 1 aliphatic rings. The molecular formula is C44H80O6. The van der Waals surface area contributed by atoms with Crippen molar-refractivity contribution in [3.63, 3.8) is 0 Å². The zero-order valence-electron chi connectivity index (χ0n) is 32.8. The van der Waals surface area contributed by atoms with Crippen LogP contribution in [0.5, 0.6) is 0 Å². The van der Waals surface area contributed by atoms with Gasteiger partial charge >= 0.3 is 6.16 Å². The SMILES string of the molecule is CCCCC/C=C\C/C=C\CCCCCCCCOCC(CCCCCCCC/C=C\C[C@@H](CCCCCC)OC1CCCCO1)OC(=O)O. The predicted octanol–water partition coefficient (Wildman–Crippen LogP) is 13.8. The van der Waals surface area contributed by atoms with E-state index in [1.54, 1.807) is 0 Å². The molecule has 0 aromatic rings. The largest absolute Gasteiger partial charge is 0.506 e. The zero-order chi connectivity index (χ0) is 36.0. The second-order valence-electron chi connectivity index (χ2n) is 14.5. The summed E-state index contributed by atoms with van der Waals surface area (Å²) in [6.45, 7) is 6.41. The molecule has 6 nitrogen and oxygen atoms in total. The average Bonchev–Trinajstić information content (AvgIpc) is 3.11. The number of unbranched alkanes of at least 4 members (excludes halogenated alkanes) is 18. The summed E-state index contributed by atoms with van der Waals surface area (Å²) in [5.41, 5.74) is 0. The minimum absolute atomic E-state index is 0.00224. The van der Waals surface area contributed by atoms with Crippen LogP contribution in [-0.2, 0) is 18.9 Å². The lowest BCUT2D eigenvalue weighted by atomic mass is 10.0. The molecule has 1 saturated heterocycles. The summed E-state index contributed by atoms with van der Waals surface area (Å²) in [5.74, 6) is 0. The van der Waals surface area contributed by atoms with Crippen LogP contribution in [0.25, 0.3) is 0 Å². The molecule has 1 aliphatic heterocycles. The van der Waals surface area contributed by atoms with Gasteiger partial charge in [0, 0.05) is 13.2 Å². The lowest BCUT2D eigenvalue weighted by Gasteiger charge is -2.27. The van der Waals surface area contributed by atoms with Gasteiger partial charge in [-0.2, -0.15) is 0 Å². The Bertz CT molecular complexity index is 802. The third kappa shape index (κ3) is 32.3. The molecule has 0 bridgehead atoms. The van der Waals surface area contributed by atoms with Gasteiger partial charge in [0.25, 0.3) is 0 Å². The first-order valence-electron chi connectivity index (χ1n) is 21.3. The Morgan fingerprint density at radius 2 is 1.20 bits per heavy atom. The molecule has 6 heteroatoms. The number of allylic oxidation sites excluding steroid dienone is 5. The summed E-state index contributed by atoms with van der Waals surface area (Å²) < 4.78 is 23.1. The van der Waals surface area contributed by atoms with Crippen molar-refractivity contribution in [3.05, 3.63) is 36.5 Å². The first-order valence-corrected chi connectivity index (χ1v) is 21.3. The third-order valence-electron chi connectivity index (χ3n) is 9.63. The number of ether oxygens (including phenoxy) is 4. The molecule has 50 heavy (non-hydrogen) atoms. The highest BCUT2D eigenvalue weighted by atomic mass is 16.7. The summed E-state index contributed by atoms with van der Waals surface area (Å²) in [4.78, 5) is 11.2. The van der Waals surface area contributed by atoms with Gasteiger partial charge < -0.3 is 24.1 Å². The van der Waals surface area contributed by atoms with Gasteiger partial charge in [-0.1, -0.05) is 140 Å². The molecule has 0 aromatic carbocycles. The van der Waals surface area contributed by atoms with Crippen LogP contribution in [0, 0.1) is 0 Å². The molecule has 1 N–H and O–H groups in total. The van der Waals surface area contributed by atoms with E-state index < -0.39 is 6.16 Å². The smallest absolute Gasteiger partial charge is 0.450 e. The van der Waals surface area contributed by atoms with E-state index >= 15 is 0 Å². The van der Waals surface area contributed by atoms with Crippen molar-refractivity contribution in [2.45, 2.75) is 219 Å². The monoisotopic (exact) mass is 705 g/mol. The summed E-state index contributed by atoms with van der Waals surface area (Å²) in [6, 6.07) is 0. The van der Waals surface area contributed by atoms with Gasteiger partial charge in [-0.15, -0.1) is 0 Å². The Hall–Kier alpha value is -1.63. The molecule has 292 valence electrons. The maximum atomic E-state index is 11.2. The van der Waals surface area contributed by atoms with E-state index in [2.05, 4.69) is 50.3 Å². The quantitative estimate of drug-likeness (QED) is 0.0397. The van der Waals surface area contributed by atoms with Crippen LogP contribution in [-0.4, -0.2) is 49.6 Å². The molecule has 1 heterocycles. The minimum atomic E-state index is -1.20. The Morgan fingerprint density at radius 1 is 0.660 bits per heavy atom. The van der Waals surface area contributed by atoms with Crippen molar-refractivity contribution < 1.29 is 28.8 Å². The number of carbonyl (C=O) groups is 1. The second-order valence-corrected chi connectivity index (χ2v) is 14.5. The van der Waals surface area contributed by atoms with Crippen molar-refractivity contribution in [2.75, 3.05) is 19.8 Å². The van der Waals surface area contributed by atoms with E-state index in [9.17, 15) is 4.79 Å². The molecule has 0 saturated carbocycles. The minimum Gasteiger partial charge on any atom is -0.450 e. The predicted molar refractivity (Wildman–Crippen MR) is 211 cm³/mol. The number of rotatable bonds is 36. The van der Waals surface area contributed by atoms with Crippen molar-refractivity contribution in [1.82, 2.24) is 0 Å². The number of hydrogen-bond donors (Lipinski definition) is 1. The molecule has 0 aromatic heterocycles. The van der Waals surface area contributed by atoms with E-state index in [1.165, 1.54) is 122 Å². The Labute approximate surface area is 309 Å². The van der Waals surface area contributed by atoms with Gasteiger partial charge in [-0.25, -0.2) is 4.79 Å². The fraction of sp³-hybridized carbons (Fsp3) is 0.841. The first-order chi connectivity index (χ1) is 24.7. The highest BCUT2D eigenvalue weighted by molar-refractivity contribution is 5.57. The maximum Gasteiger partial charge on any atom is 0.506 e. The molecule has 0 radical (unpaired) electrons. The van der Waals surface area contributed by atoms with E-state index in [-0.39, 0.29) is 18.5 Å². The normalized spacial score (nSPS) is 16.6. The molecule has 0 spiro atoms. The molecule has 2 unspecified atom stereocenters. The molecule has 1 rings (SSSR count). The highest BCUT2D eigenvalue weighted by Crippen LogP contribution is 2.21. The van der Waals surface area contributed by atoms with Crippen LogP contribution in [0.2, 0.25) is 0 Å². The molecule has 3 atom stereocenters. The van der Waals surface area contributed by atoms with Crippen LogP contribution >= 0.6 is 0 Å². The summed E-state index contributed by atoms with van der Waals surface area (Å²) >= 11 is 0. The molecular weight excluding hydrogens is 624 g/mol. The van der Waals surface area contributed by atoms with Crippen LogP contribution in [0.4, 0.5) is 4.79 Å². The van der Waals surface area contributed by atoms with E-state index in [0.29, 0.717) is 13.2 Å². The summed E-state index contributed by atoms with van der Waals surface area (Å²) in [6.07, 6.45) is 46.8. The maximum absolute atomic E-state index is 11.2. The topological polar surface area (TPSA) is 74.2 Å². The van der Waals surface area contributed by atoms with Crippen LogP contribution in [0.1, 0.15) is 200 Å². The second kappa shape index (κ2) is 37.1. The van der Waals surface area contributed by atoms with Crippen LogP contribution < -0.4 is 0 Å². The molecule has 0 aliphatic carbocycles. The Balaban J connectivity index is 2.01. The van der Waals surface area contributed by atoms with Gasteiger partial charge in [0.1, 0.15) is 6.10 Å². The van der Waals surface area contributed by atoms with Gasteiger partial charge in [0.05, 0.1) is 12.7 Å². The average molecular weight is 705 g/mol. The van der Waals surface area contributed by atoms with Crippen LogP contribution in [0.3, 0.4) is 0 Å². The van der Waals surface area contributed by atoms with Gasteiger partial charge in [-0.05, 0) is 96.3 Å². The van der Waals surface area contributed by atoms with Gasteiger partial charge in [0.2, 0.25) is 0 Å². The van der Waals surface area contributed by atoms with Crippen molar-refractivity contribution >= 4 is 6.16 Å². The van der Waals surface area contributed by atoms with Gasteiger partial charge in [0.15, 0.2) is 6.29 Å². The number of carboxylic acid groups (broad SMARTS) is 1. The zero-order valence-corrected chi connectivity index (χ0v) is 32.8. The lowest BCUT2D eigenvalue weighted by Crippen LogP contribution is -2.27. The van der Waals surface area contributed by atoms with Crippen molar-refractivity contribution in [1.29, 1.82) is 0 Å². The van der Waals surface area contributed by atoms with Gasteiger partial charge in [-0.3, -0.25) is 0 Å². The Morgan fingerprint density at radius 3 is 1.82 bits per heavy atom. The fourth-order valence-electron chi connectivity index (χ4n) is 6.51. The lowest BCUT2D eigenvalue weighted by molar-refractivity contribution is -0.188. The first kappa shape index (κ1) is 46.4.